The van der Waals surface area contributed by atoms with Gasteiger partial charge in [-0.2, -0.15) is 5.26 Å². The van der Waals surface area contributed by atoms with Crippen molar-refractivity contribution < 1.29 is 13.9 Å². The molecule has 11 nitrogen and oxygen atoms in total. The molecule has 1 amide bonds. The average Bonchev–Trinajstić information content (AvgIpc) is 3.39. The maximum Gasteiger partial charge on any atom is 0.242 e. The summed E-state index contributed by atoms with van der Waals surface area (Å²) in [5.41, 5.74) is 2.24. The Balaban J connectivity index is 1.24. The molecular weight excluding hydrogens is 489 g/mol. The highest BCUT2D eigenvalue weighted by molar-refractivity contribution is 5.93. The molecule has 5 heterocycles. The molecule has 0 bridgehead atoms. The lowest BCUT2D eigenvalue weighted by Crippen LogP contribution is -2.47. The number of hydrogen-bond donors (Lipinski definition) is 2. The van der Waals surface area contributed by atoms with E-state index >= 15 is 0 Å². The van der Waals surface area contributed by atoms with Crippen LogP contribution in [0.5, 0.6) is 0 Å². The number of carbonyl (C=O) groups excluding carboxylic acids is 1. The Labute approximate surface area is 219 Å². The predicted octanol–water partition coefficient (Wildman–Crippen LogP) is 2.76. The van der Waals surface area contributed by atoms with E-state index in [2.05, 4.69) is 41.5 Å². The van der Waals surface area contributed by atoms with E-state index in [1.165, 1.54) is 0 Å². The second kappa shape index (κ2) is 11.5. The molecule has 2 atom stereocenters. The molecule has 3 aromatic heterocycles. The van der Waals surface area contributed by atoms with Gasteiger partial charge in [0.05, 0.1) is 48.9 Å². The fraction of sp³-hybridized carbons (Fsp3) is 0.385. The van der Waals surface area contributed by atoms with Gasteiger partial charge in [-0.3, -0.25) is 9.69 Å². The van der Waals surface area contributed by atoms with Gasteiger partial charge >= 0.3 is 0 Å². The summed E-state index contributed by atoms with van der Waals surface area (Å²) < 4.78 is 19.0. The Hall–Kier alpha value is -4.21. The zero-order valence-electron chi connectivity index (χ0n) is 21.0. The Kier molecular flexibility index (Phi) is 7.67. The van der Waals surface area contributed by atoms with Crippen LogP contribution in [0.25, 0.3) is 11.3 Å². The molecule has 0 radical (unpaired) electrons. The maximum absolute atomic E-state index is 13.6. The lowest BCUT2D eigenvalue weighted by molar-refractivity contribution is -0.122. The van der Waals surface area contributed by atoms with E-state index in [0.29, 0.717) is 66.3 Å². The van der Waals surface area contributed by atoms with E-state index in [1.807, 2.05) is 6.92 Å². The number of halogens is 1. The first kappa shape index (κ1) is 25.4. The number of pyridine rings is 2. The van der Waals surface area contributed by atoms with Gasteiger partial charge in [-0.05, 0) is 37.6 Å². The molecule has 196 valence electrons. The smallest absolute Gasteiger partial charge is 0.242 e. The van der Waals surface area contributed by atoms with Gasteiger partial charge in [0.1, 0.15) is 23.9 Å². The fourth-order valence-corrected chi connectivity index (χ4v) is 4.45. The van der Waals surface area contributed by atoms with E-state index in [9.17, 15) is 14.4 Å². The number of aromatic nitrogens is 4. The predicted molar refractivity (Wildman–Crippen MR) is 140 cm³/mol. The summed E-state index contributed by atoms with van der Waals surface area (Å²) in [7, 11) is 0. The normalized spacial score (nSPS) is 18.6. The van der Waals surface area contributed by atoms with Crippen molar-refractivity contribution in [1.29, 1.82) is 5.26 Å². The highest BCUT2D eigenvalue weighted by atomic mass is 19.1. The number of amides is 1. The number of morpholine rings is 1. The summed E-state index contributed by atoms with van der Waals surface area (Å²) in [6.07, 6.45) is 4.35. The lowest BCUT2D eigenvalue weighted by atomic mass is 10.1. The summed E-state index contributed by atoms with van der Waals surface area (Å²) in [4.78, 5) is 34.0. The van der Waals surface area contributed by atoms with Gasteiger partial charge in [0.2, 0.25) is 11.9 Å². The molecule has 2 aliphatic rings. The standard InChI is InChI=1S/C26H28FN9O2/c1-17(35-8-10-38-11-9-35)25(37)34-23-3-2-21(15-30-23)32-26-29-6-4-22(33-26)19-12-18(13-28)24(31-14-19)36-7-5-20(27)16-36/h2-4,6,12,14-15,17,20H,5,7-11,16H2,1H3,(H,29,32,33)(H,30,34,37)/t17?,20-/m0/s1. The van der Waals surface area contributed by atoms with Crippen LogP contribution in [0, 0.1) is 11.3 Å². The zero-order chi connectivity index (χ0) is 26.5. The minimum Gasteiger partial charge on any atom is -0.379 e. The third-order valence-electron chi connectivity index (χ3n) is 6.61. The van der Waals surface area contributed by atoms with Gasteiger partial charge in [-0.1, -0.05) is 0 Å². The quantitative estimate of drug-likeness (QED) is 0.482. The monoisotopic (exact) mass is 517 g/mol. The number of carbonyl (C=O) groups is 1. The van der Waals surface area contributed by atoms with Gasteiger partial charge in [0, 0.05) is 37.6 Å². The Morgan fingerprint density at radius 1 is 1.18 bits per heavy atom. The van der Waals surface area contributed by atoms with Crippen LogP contribution in [-0.4, -0.2) is 82.3 Å². The van der Waals surface area contributed by atoms with Crippen LogP contribution in [0.4, 0.5) is 27.7 Å². The highest BCUT2D eigenvalue weighted by Crippen LogP contribution is 2.27. The summed E-state index contributed by atoms with van der Waals surface area (Å²) >= 11 is 0. The van der Waals surface area contributed by atoms with Gasteiger partial charge in [0.15, 0.2) is 0 Å². The molecule has 2 fully saturated rings. The van der Waals surface area contributed by atoms with E-state index in [1.54, 1.807) is 47.8 Å². The molecule has 2 saturated heterocycles. The number of nitriles is 1. The molecule has 2 N–H and O–H groups in total. The molecule has 2 aliphatic heterocycles. The summed E-state index contributed by atoms with van der Waals surface area (Å²) in [5.74, 6) is 1.15. The fourth-order valence-electron chi connectivity index (χ4n) is 4.45. The van der Waals surface area contributed by atoms with E-state index in [-0.39, 0.29) is 18.5 Å². The number of nitrogens with one attached hydrogen (secondary N) is 2. The van der Waals surface area contributed by atoms with Crippen LogP contribution in [0.1, 0.15) is 18.9 Å². The minimum absolute atomic E-state index is 0.123. The number of rotatable bonds is 7. The van der Waals surface area contributed by atoms with Crippen molar-refractivity contribution in [3.63, 3.8) is 0 Å². The molecule has 0 aliphatic carbocycles. The van der Waals surface area contributed by atoms with Crippen LogP contribution in [0.3, 0.4) is 0 Å². The van der Waals surface area contributed by atoms with Gasteiger partial charge in [-0.25, -0.2) is 24.3 Å². The van der Waals surface area contributed by atoms with Crippen molar-refractivity contribution in [3.8, 4) is 17.3 Å². The van der Waals surface area contributed by atoms with Crippen molar-refractivity contribution in [2.45, 2.75) is 25.6 Å². The Morgan fingerprint density at radius 2 is 2.03 bits per heavy atom. The second-order valence-corrected chi connectivity index (χ2v) is 9.18. The zero-order valence-corrected chi connectivity index (χ0v) is 21.0. The molecule has 0 saturated carbocycles. The van der Waals surface area contributed by atoms with Crippen molar-refractivity contribution in [1.82, 2.24) is 24.8 Å². The van der Waals surface area contributed by atoms with Crippen molar-refractivity contribution in [3.05, 3.63) is 48.4 Å². The molecule has 0 aromatic carbocycles. The lowest BCUT2D eigenvalue weighted by Gasteiger charge is -2.31. The Bertz CT molecular complexity index is 1330. The van der Waals surface area contributed by atoms with Crippen LogP contribution >= 0.6 is 0 Å². The van der Waals surface area contributed by atoms with E-state index in [4.69, 9.17) is 4.74 Å². The average molecular weight is 518 g/mol. The molecule has 5 rings (SSSR count). The summed E-state index contributed by atoms with van der Waals surface area (Å²) in [5, 5.41) is 15.6. The molecule has 0 spiro atoms. The number of nitrogens with zero attached hydrogens (tertiary/aromatic N) is 7. The van der Waals surface area contributed by atoms with Crippen molar-refractivity contribution >= 4 is 29.2 Å². The Morgan fingerprint density at radius 3 is 2.74 bits per heavy atom. The van der Waals surface area contributed by atoms with Gasteiger partial charge in [-0.15, -0.1) is 0 Å². The van der Waals surface area contributed by atoms with Crippen LogP contribution in [0.15, 0.2) is 42.9 Å². The van der Waals surface area contributed by atoms with Gasteiger partial charge < -0.3 is 20.3 Å². The molecular formula is C26H28FN9O2. The number of alkyl halides is 1. The summed E-state index contributed by atoms with van der Waals surface area (Å²) in [6, 6.07) is 8.79. The van der Waals surface area contributed by atoms with Crippen LogP contribution < -0.4 is 15.5 Å². The first-order chi connectivity index (χ1) is 18.5. The summed E-state index contributed by atoms with van der Waals surface area (Å²) in [6.45, 7) is 5.34. The topological polar surface area (TPSA) is 132 Å². The van der Waals surface area contributed by atoms with Gasteiger partial charge in [0.25, 0.3) is 0 Å². The SMILES string of the molecule is CC(C(=O)Nc1ccc(Nc2nccc(-c3cnc(N4CC[C@H](F)C4)c(C#N)c3)n2)cn1)N1CCOCC1. The minimum atomic E-state index is -0.906. The van der Waals surface area contributed by atoms with Crippen LogP contribution in [0.2, 0.25) is 0 Å². The number of ether oxygens (including phenoxy) is 1. The number of hydrogen-bond acceptors (Lipinski definition) is 10. The second-order valence-electron chi connectivity index (χ2n) is 9.18. The van der Waals surface area contributed by atoms with Crippen molar-refractivity contribution in [2.75, 3.05) is 54.9 Å². The highest BCUT2D eigenvalue weighted by Gasteiger charge is 2.25. The molecule has 1 unspecified atom stereocenters. The molecule has 38 heavy (non-hydrogen) atoms. The first-order valence-electron chi connectivity index (χ1n) is 12.5. The number of anilines is 4. The molecule has 3 aromatic rings. The first-order valence-corrected chi connectivity index (χ1v) is 12.5. The molecule has 12 heteroatoms. The maximum atomic E-state index is 13.6. The van der Waals surface area contributed by atoms with E-state index in [0.717, 1.165) is 13.1 Å². The third-order valence-corrected chi connectivity index (χ3v) is 6.61. The van der Waals surface area contributed by atoms with Crippen LogP contribution in [-0.2, 0) is 9.53 Å². The largest absolute Gasteiger partial charge is 0.379 e. The van der Waals surface area contributed by atoms with Crippen molar-refractivity contribution in [2.24, 2.45) is 0 Å². The third kappa shape index (κ3) is 5.85. The van der Waals surface area contributed by atoms with E-state index < -0.39 is 6.17 Å².